The minimum absolute atomic E-state index is 0.160. The molecule has 0 N–H and O–H groups in total. The first-order valence-corrected chi connectivity index (χ1v) is 32.6. The quantitative estimate of drug-likeness (QED) is 0.155. The lowest BCUT2D eigenvalue weighted by molar-refractivity contribution is 1.16. The van der Waals surface area contributed by atoms with Crippen LogP contribution in [0.2, 0.25) is 0 Å². The summed E-state index contributed by atoms with van der Waals surface area (Å²) in [5, 5.41) is 9.78. The van der Waals surface area contributed by atoms with Crippen LogP contribution >= 0.6 is 0 Å². The largest absolute Gasteiger partial charge is 0.311 e. The van der Waals surface area contributed by atoms with Crippen LogP contribution < -0.4 is 52.4 Å². The zero-order valence-electron chi connectivity index (χ0n) is 51.0. The summed E-state index contributed by atoms with van der Waals surface area (Å²) in [6.07, 6.45) is 0. The highest BCUT2D eigenvalue weighted by atomic mass is 15.2. The van der Waals surface area contributed by atoms with Crippen LogP contribution in [0.3, 0.4) is 0 Å². The second-order valence-corrected chi connectivity index (χ2v) is 25.5. The normalized spacial score (nSPS) is 13.4. The maximum absolute atomic E-state index is 2.65. The van der Waals surface area contributed by atoms with E-state index in [9.17, 15) is 0 Å². The highest BCUT2D eigenvalue weighted by molar-refractivity contribution is 7.03. The molecule has 0 saturated heterocycles. The van der Waals surface area contributed by atoms with E-state index in [1.165, 1.54) is 109 Å². The van der Waals surface area contributed by atoms with Gasteiger partial charge < -0.3 is 28.7 Å². The molecule has 0 bridgehead atoms. The summed E-state index contributed by atoms with van der Waals surface area (Å²) in [6, 6.07) is 123. The molecule has 8 heteroatoms. The first kappa shape index (κ1) is 51.5. The Labute approximate surface area is 544 Å². The van der Waals surface area contributed by atoms with Crippen LogP contribution in [0.25, 0.3) is 76.5 Å². The molecule has 21 rings (SSSR count). The number of hydrogen-bond donors (Lipinski definition) is 0. The molecule has 434 valence electrons. The SMILES string of the molecule is c1ccc(N2c3ccccc3B3c4cc5c(cc4N(c4ccccc4)c4cc(-n6c7ccccc7c7ccc8ccccc8c76)cc2c43)N(c2ccccc2)c2cc(-n3c4ccccc4c4ccc6ccccc6c43)cc3c2B5c2ccccc2N3c2ccccc2)cc1. The minimum Gasteiger partial charge on any atom is -0.311 e. The molecular formula is C86H54B2N6. The topological polar surface area (TPSA) is 22.8 Å². The van der Waals surface area contributed by atoms with Gasteiger partial charge in [0.2, 0.25) is 0 Å². The van der Waals surface area contributed by atoms with E-state index in [0.717, 1.165) is 68.2 Å². The Morgan fingerprint density at radius 2 is 0.511 bits per heavy atom. The fourth-order valence-corrected chi connectivity index (χ4v) is 17.0. The third-order valence-corrected chi connectivity index (χ3v) is 20.7. The second-order valence-electron chi connectivity index (χ2n) is 25.5. The van der Waals surface area contributed by atoms with Crippen molar-refractivity contribution < 1.29 is 0 Å². The third kappa shape index (κ3) is 7.11. The van der Waals surface area contributed by atoms with Gasteiger partial charge in [-0.3, -0.25) is 0 Å². The van der Waals surface area contributed by atoms with E-state index in [2.05, 4.69) is 356 Å². The van der Waals surface area contributed by atoms with E-state index in [0.29, 0.717) is 0 Å². The van der Waals surface area contributed by atoms with Gasteiger partial charge in [-0.05, 0) is 147 Å². The Hall–Kier alpha value is -12.3. The Bertz CT molecular complexity index is 5680. The first-order valence-electron chi connectivity index (χ1n) is 32.6. The molecule has 0 fully saturated rings. The molecule has 6 nitrogen and oxygen atoms in total. The Morgan fingerprint density at radius 3 is 0.904 bits per heavy atom. The summed E-state index contributed by atoms with van der Waals surface area (Å²) in [4.78, 5) is 10.3. The first-order chi connectivity index (χ1) is 46.7. The highest BCUT2D eigenvalue weighted by Gasteiger charge is 2.49. The summed E-state index contributed by atoms with van der Waals surface area (Å²) < 4.78 is 5.10. The van der Waals surface area contributed by atoms with E-state index in [-0.39, 0.29) is 13.4 Å². The van der Waals surface area contributed by atoms with Crippen molar-refractivity contribution in [2.24, 2.45) is 0 Å². The van der Waals surface area contributed by atoms with Crippen LogP contribution in [0.5, 0.6) is 0 Å². The molecule has 0 unspecified atom stereocenters. The zero-order valence-corrected chi connectivity index (χ0v) is 51.0. The number of aromatic nitrogens is 2. The maximum Gasteiger partial charge on any atom is 0.252 e. The number of para-hydroxylation sites is 8. The summed E-state index contributed by atoms with van der Waals surface area (Å²) >= 11 is 0. The number of anilines is 12. The molecule has 15 aromatic carbocycles. The number of rotatable bonds is 6. The molecule has 4 aliphatic heterocycles. The predicted molar refractivity (Wildman–Crippen MR) is 398 cm³/mol. The van der Waals surface area contributed by atoms with Crippen LogP contribution in [0.1, 0.15) is 0 Å². The van der Waals surface area contributed by atoms with Gasteiger partial charge in [-0.2, -0.15) is 0 Å². The minimum atomic E-state index is -0.160. The van der Waals surface area contributed by atoms with Crippen LogP contribution in [0, 0.1) is 0 Å². The summed E-state index contributed by atoms with van der Waals surface area (Å²) in [6.45, 7) is -0.319. The number of benzene rings is 15. The lowest BCUT2D eigenvalue weighted by Gasteiger charge is -2.47. The monoisotopic (exact) mass is 1190 g/mol. The zero-order chi connectivity index (χ0) is 61.3. The molecule has 94 heavy (non-hydrogen) atoms. The molecule has 0 saturated carbocycles. The van der Waals surface area contributed by atoms with E-state index in [1.807, 2.05) is 0 Å². The van der Waals surface area contributed by atoms with Crippen molar-refractivity contribution in [2.75, 3.05) is 19.6 Å². The third-order valence-electron chi connectivity index (χ3n) is 20.7. The fraction of sp³-hybridized carbons (Fsp3) is 0. The van der Waals surface area contributed by atoms with Crippen LogP contribution in [-0.2, 0) is 0 Å². The average Bonchev–Trinajstić information content (AvgIpc) is 0.775. The van der Waals surface area contributed by atoms with E-state index in [4.69, 9.17) is 0 Å². The summed E-state index contributed by atoms with van der Waals surface area (Å²) in [5.41, 5.74) is 28.2. The summed E-state index contributed by atoms with van der Waals surface area (Å²) in [7, 11) is 0. The van der Waals surface area contributed by atoms with Gasteiger partial charge in [0.15, 0.2) is 0 Å². The van der Waals surface area contributed by atoms with Crippen LogP contribution in [0.15, 0.2) is 328 Å². The van der Waals surface area contributed by atoms with Gasteiger partial charge in [-0.15, -0.1) is 0 Å². The van der Waals surface area contributed by atoms with Crippen molar-refractivity contribution >= 4 is 180 Å². The van der Waals surface area contributed by atoms with Gasteiger partial charge >= 0.3 is 0 Å². The molecular weight excluding hydrogens is 1140 g/mol. The molecule has 0 atom stereocenters. The van der Waals surface area contributed by atoms with Crippen molar-refractivity contribution in [1.82, 2.24) is 9.13 Å². The Morgan fingerprint density at radius 1 is 0.191 bits per heavy atom. The van der Waals surface area contributed by atoms with Crippen molar-refractivity contribution in [1.29, 1.82) is 0 Å². The smallest absolute Gasteiger partial charge is 0.252 e. The van der Waals surface area contributed by atoms with Gasteiger partial charge in [0.1, 0.15) is 0 Å². The van der Waals surface area contributed by atoms with Gasteiger partial charge in [0.05, 0.1) is 33.4 Å². The standard InChI is InChI=1S/C86H54B2N6/c1-5-27-57(28-6-1)89-75-43-23-19-39-69(75)87-71-53-72-78(54-77(71)91(59-31-9-3-10-32-59)81-51-61(49-79(89)83(81)87)93-73-41-21-17-37-65(73)67-47-45-55-25-13-15-35-63(55)85(67)93)92(60-33-11-4-12-34-60)82-52-62(94-74-42-22-18-38-66(74)68-48-46-56-26-14-16-36-64(56)86(68)94)50-80-84(82)88(72)70-40-20-24-44-76(70)90(80)58-29-7-2-8-30-58/h1-54H. The van der Waals surface area contributed by atoms with Gasteiger partial charge in [0, 0.05) is 101 Å². The lowest BCUT2D eigenvalue weighted by Crippen LogP contribution is -2.65. The van der Waals surface area contributed by atoms with Crippen LogP contribution in [-0.4, -0.2) is 22.6 Å². The lowest BCUT2D eigenvalue weighted by atomic mass is 9.30. The molecule has 17 aromatic rings. The molecule has 0 aliphatic carbocycles. The van der Waals surface area contributed by atoms with E-state index in [1.54, 1.807) is 0 Å². The van der Waals surface area contributed by atoms with E-state index < -0.39 is 0 Å². The molecule has 6 heterocycles. The second kappa shape index (κ2) is 19.6. The number of hydrogen-bond acceptors (Lipinski definition) is 4. The Balaban J connectivity index is 0.901. The molecule has 0 radical (unpaired) electrons. The predicted octanol–water partition coefficient (Wildman–Crippen LogP) is 18.4. The van der Waals surface area contributed by atoms with Gasteiger partial charge in [0.25, 0.3) is 13.4 Å². The maximum atomic E-state index is 2.65. The van der Waals surface area contributed by atoms with Crippen molar-refractivity contribution in [3.05, 3.63) is 328 Å². The van der Waals surface area contributed by atoms with Crippen molar-refractivity contribution in [3.8, 4) is 11.4 Å². The number of fused-ring (bicyclic) bond motifs is 18. The Kier molecular flexibility index (Phi) is 10.8. The highest BCUT2D eigenvalue weighted by Crippen LogP contribution is 2.51. The van der Waals surface area contributed by atoms with Crippen LogP contribution in [0.4, 0.5) is 68.2 Å². The van der Waals surface area contributed by atoms with Gasteiger partial charge in [-0.25, -0.2) is 0 Å². The fourth-order valence-electron chi connectivity index (χ4n) is 17.0. The average molecular weight is 1190 g/mol. The van der Waals surface area contributed by atoms with Gasteiger partial charge in [-0.1, -0.05) is 224 Å². The molecule has 4 aliphatic rings. The molecule has 0 amide bonds. The van der Waals surface area contributed by atoms with E-state index >= 15 is 0 Å². The molecule has 0 spiro atoms. The van der Waals surface area contributed by atoms with Crippen molar-refractivity contribution in [2.45, 2.75) is 0 Å². The van der Waals surface area contributed by atoms with Crippen molar-refractivity contribution in [3.63, 3.8) is 0 Å². The number of nitrogens with zero attached hydrogens (tertiary/aromatic N) is 6. The molecule has 2 aromatic heterocycles. The summed E-state index contributed by atoms with van der Waals surface area (Å²) in [5.74, 6) is 0.